The zero-order valence-corrected chi connectivity index (χ0v) is 8.85. The maximum Gasteiger partial charge on any atom is 0.105 e. The van der Waals surface area contributed by atoms with Crippen LogP contribution in [0.25, 0.3) is 0 Å². The van der Waals surface area contributed by atoms with Crippen molar-refractivity contribution in [3.05, 3.63) is 29.3 Å². The highest BCUT2D eigenvalue weighted by Crippen LogP contribution is 2.23. The number of anilines is 1. The van der Waals surface area contributed by atoms with Crippen LogP contribution in [0.3, 0.4) is 0 Å². The van der Waals surface area contributed by atoms with Gasteiger partial charge < -0.3 is 21.7 Å². The molecular weight excluding hydrogens is 192 g/mol. The minimum Gasteiger partial charge on any atom is -0.399 e. The minimum absolute atomic E-state index is 0.353. The van der Waals surface area contributed by atoms with E-state index in [0.29, 0.717) is 24.2 Å². The Morgan fingerprint density at radius 1 is 1.33 bits per heavy atom. The predicted octanol–water partition coefficient (Wildman–Crippen LogP) is 0.320. The van der Waals surface area contributed by atoms with Crippen LogP contribution in [0.4, 0.5) is 5.69 Å². The van der Waals surface area contributed by atoms with Gasteiger partial charge in [-0.05, 0) is 43.1 Å². The van der Waals surface area contributed by atoms with E-state index in [2.05, 4.69) is 0 Å². The molecule has 1 aromatic rings. The van der Waals surface area contributed by atoms with Crippen molar-refractivity contribution in [2.24, 2.45) is 5.73 Å². The summed E-state index contributed by atoms with van der Waals surface area (Å²) >= 11 is 0. The number of hydrogen-bond acceptors (Lipinski definition) is 4. The van der Waals surface area contributed by atoms with Crippen molar-refractivity contribution in [1.82, 2.24) is 0 Å². The molecule has 0 amide bonds. The highest BCUT2D eigenvalue weighted by atomic mass is 16.3. The minimum atomic E-state index is -0.894. The molecule has 0 fully saturated rings. The standard InChI is InChI=1S/C11H18N2O2/c1-7-6-8(13)2-3-9(7)11(15)10(14)4-5-12/h2-3,6,10-11,14-15H,4-5,12-13H2,1H3. The van der Waals surface area contributed by atoms with Crippen molar-refractivity contribution in [3.63, 3.8) is 0 Å². The Morgan fingerprint density at radius 3 is 2.53 bits per heavy atom. The van der Waals surface area contributed by atoms with E-state index in [1.807, 2.05) is 6.92 Å². The quantitative estimate of drug-likeness (QED) is 0.538. The Hall–Kier alpha value is -1.10. The van der Waals surface area contributed by atoms with Crippen LogP contribution in [0.2, 0.25) is 0 Å². The molecule has 0 saturated carbocycles. The monoisotopic (exact) mass is 210 g/mol. The molecule has 0 aliphatic carbocycles. The van der Waals surface area contributed by atoms with Gasteiger partial charge in [0.1, 0.15) is 6.10 Å². The van der Waals surface area contributed by atoms with Crippen molar-refractivity contribution in [1.29, 1.82) is 0 Å². The maximum absolute atomic E-state index is 9.85. The van der Waals surface area contributed by atoms with E-state index in [-0.39, 0.29) is 0 Å². The van der Waals surface area contributed by atoms with Gasteiger partial charge in [-0.25, -0.2) is 0 Å². The highest BCUT2D eigenvalue weighted by Gasteiger charge is 2.18. The Bertz CT molecular complexity index is 328. The third kappa shape index (κ3) is 2.92. The second-order valence-corrected chi connectivity index (χ2v) is 3.71. The van der Waals surface area contributed by atoms with Gasteiger partial charge in [0, 0.05) is 5.69 Å². The number of rotatable bonds is 4. The van der Waals surface area contributed by atoms with Crippen molar-refractivity contribution < 1.29 is 10.2 Å². The lowest BCUT2D eigenvalue weighted by atomic mass is 9.97. The van der Waals surface area contributed by atoms with Crippen molar-refractivity contribution >= 4 is 5.69 Å². The van der Waals surface area contributed by atoms with Crippen LogP contribution in [-0.4, -0.2) is 22.9 Å². The molecule has 0 bridgehead atoms. The number of aliphatic hydroxyl groups excluding tert-OH is 2. The highest BCUT2D eigenvalue weighted by molar-refractivity contribution is 5.45. The number of aryl methyl sites for hydroxylation is 1. The van der Waals surface area contributed by atoms with Gasteiger partial charge in [0.2, 0.25) is 0 Å². The smallest absolute Gasteiger partial charge is 0.105 e. The van der Waals surface area contributed by atoms with E-state index in [9.17, 15) is 10.2 Å². The van der Waals surface area contributed by atoms with Crippen LogP contribution < -0.4 is 11.5 Å². The van der Waals surface area contributed by atoms with Gasteiger partial charge >= 0.3 is 0 Å². The lowest BCUT2D eigenvalue weighted by Crippen LogP contribution is -2.22. The number of benzene rings is 1. The number of aliphatic hydroxyl groups is 2. The zero-order valence-electron chi connectivity index (χ0n) is 8.85. The van der Waals surface area contributed by atoms with Crippen LogP contribution in [0, 0.1) is 6.92 Å². The van der Waals surface area contributed by atoms with Crippen LogP contribution in [0.5, 0.6) is 0 Å². The van der Waals surface area contributed by atoms with Crippen LogP contribution in [-0.2, 0) is 0 Å². The van der Waals surface area contributed by atoms with E-state index in [4.69, 9.17) is 11.5 Å². The molecular formula is C11H18N2O2. The molecule has 4 heteroatoms. The molecule has 4 nitrogen and oxygen atoms in total. The summed E-state index contributed by atoms with van der Waals surface area (Å²) < 4.78 is 0. The summed E-state index contributed by atoms with van der Waals surface area (Å²) in [6.45, 7) is 2.20. The molecule has 0 saturated heterocycles. The first-order valence-corrected chi connectivity index (χ1v) is 4.98. The van der Waals surface area contributed by atoms with E-state index < -0.39 is 12.2 Å². The van der Waals surface area contributed by atoms with E-state index in [1.165, 1.54) is 0 Å². The van der Waals surface area contributed by atoms with E-state index in [1.54, 1.807) is 18.2 Å². The van der Waals surface area contributed by atoms with Crippen LogP contribution in [0.15, 0.2) is 18.2 Å². The topological polar surface area (TPSA) is 92.5 Å². The predicted molar refractivity (Wildman–Crippen MR) is 60.2 cm³/mol. The molecule has 2 atom stereocenters. The average Bonchev–Trinajstić information content (AvgIpc) is 2.17. The van der Waals surface area contributed by atoms with Gasteiger partial charge in [-0.2, -0.15) is 0 Å². The first-order chi connectivity index (χ1) is 7.06. The van der Waals surface area contributed by atoms with Gasteiger partial charge in [-0.3, -0.25) is 0 Å². The SMILES string of the molecule is Cc1cc(N)ccc1C(O)C(O)CCN. The molecule has 1 aromatic carbocycles. The van der Waals surface area contributed by atoms with Gasteiger partial charge in [-0.1, -0.05) is 6.07 Å². The third-order valence-electron chi connectivity index (χ3n) is 2.44. The summed E-state index contributed by atoms with van der Waals surface area (Å²) in [4.78, 5) is 0. The fourth-order valence-corrected chi connectivity index (χ4v) is 1.57. The average molecular weight is 210 g/mol. The van der Waals surface area contributed by atoms with Crippen LogP contribution in [0.1, 0.15) is 23.7 Å². The molecule has 84 valence electrons. The van der Waals surface area contributed by atoms with Gasteiger partial charge in [0.25, 0.3) is 0 Å². The molecule has 1 rings (SSSR count). The molecule has 0 heterocycles. The second kappa shape index (κ2) is 5.11. The lowest BCUT2D eigenvalue weighted by Gasteiger charge is -2.19. The van der Waals surface area contributed by atoms with E-state index >= 15 is 0 Å². The third-order valence-corrected chi connectivity index (χ3v) is 2.44. The van der Waals surface area contributed by atoms with Crippen molar-refractivity contribution in [2.75, 3.05) is 12.3 Å². The largest absolute Gasteiger partial charge is 0.399 e. The van der Waals surface area contributed by atoms with Crippen molar-refractivity contribution in [2.45, 2.75) is 25.6 Å². The Labute approximate surface area is 89.5 Å². The second-order valence-electron chi connectivity index (χ2n) is 3.71. The summed E-state index contributed by atoms with van der Waals surface area (Å²) in [7, 11) is 0. The molecule has 0 radical (unpaired) electrons. The molecule has 0 spiro atoms. The van der Waals surface area contributed by atoms with Gasteiger partial charge in [-0.15, -0.1) is 0 Å². The van der Waals surface area contributed by atoms with Crippen LogP contribution >= 0.6 is 0 Å². The van der Waals surface area contributed by atoms with Gasteiger partial charge in [0.15, 0.2) is 0 Å². The maximum atomic E-state index is 9.85. The lowest BCUT2D eigenvalue weighted by molar-refractivity contribution is 0.0147. The fourth-order valence-electron chi connectivity index (χ4n) is 1.57. The first-order valence-electron chi connectivity index (χ1n) is 4.98. The molecule has 6 N–H and O–H groups in total. The summed E-state index contributed by atoms with van der Waals surface area (Å²) in [5, 5.41) is 19.4. The Morgan fingerprint density at radius 2 is 2.00 bits per heavy atom. The van der Waals surface area contributed by atoms with Gasteiger partial charge in [0.05, 0.1) is 6.10 Å². The normalized spacial score (nSPS) is 14.9. The zero-order chi connectivity index (χ0) is 11.4. The molecule has 0 aliphatic rings. The van der Waals surface area contributed by atoms with E-state index in [0.717, 1.165) is 5.56 Å². The Kier molecular flexibility index (Phi) is 4.08. The number of hydrogen-bond donors (Lipinski definition) is 4. The summed E-state index contributed by atoms with van der Waals surface area (Å²) in [5.41, 5.74) is 13.1. The molecule has 2 unspecified atom stereocenters. The molecule has 0 aromatic heterocycles. The molecule has 15 heavy (non-hydrogen) atoms. The molecule has 0 aliphatic heterocycles. The number of nitrogens with two attached hydrogens (primary N) is 2. The fraction of sp³-hybridized carbons (Fsp3) is 0.455. The Balaban J connectivity index is 2.86. The summed E-state index contributed by atoms with van der Waals surface area (Å²) in [6, 6.07) is 5.21. The number of nitrogen functional groups attached to an aromatic ring is 1. The summed E-state index contributed by atoms with van der Waals surface area (Å²) in [5.74, 6) is 0. The first kappa shape index (κ1) is 12.0. The van der Waals surface area contributed by atoms with Crippen molar-refractivity contribution in [3.8, 4) is 0 Å². The summed E-state index contributed by atoms with van der Waals surface area (Å²) in [6.07, 6.45) is -1.34.